The quantitative estimate of drug-likeness (QED) is 0.781. The van der Waals surface area contributed by atoms with E-state index in [9.17, 15) is 5.11 Å². The van der Waals surface area contributed by atoms with Crippen LogP contribution in [0.4, 0.5) is 0 Å². The number of para-hydroxylation sites is 1. The number of aliphatic hydroxyl groups is 1. The van der Waals surface area contributed by atoms with E-state index in [0.29, 0.717) is 5.76 Å². The number of fused-ring (bicyclic) bond motifs is 1. The van der Waals surface area contributed by atoms with Gasteiger partial charge in [0.2, 0.25) is 0 Å². The summed E-state index contributed by atoms with van der Waals surface area (Å²) in [5.74, 6) is 0.516. The molecule has 1 N–H and O–H groups in total. The van der Waals surface area contributed by atoms with E-state index in [1.54, 1.807) is 7.11 Å². The summed E-state index contributed by atoms with van der Waals surface area (Å²) in [6, 6.07) is 19.2. The standard InChI is InChI=1S/C17H16O3/c1-19-17(12-7-3-2-4-8-12)16(18)15-11-13-9-5-6-10-14(13)20-15/h2-11,16-18H,1H3. The number of rotatable bonds is 4. The van der Waals surface area contributed by atoms with E-state index in [-0.39, 0.29) is 0 Å². The smallest absolute Gasteiger partial charge is 0.142 e. The lowest BCUT2D eigenvalue weighted by Gasteiger charge is -2.20. The van der Waals surface area contributed by atoms with Gasteiger partial charge in [-0.05, 0) is 17.7 Å². The molecule has 3 nitrogen and oxygen atoms in total. The summed E-state index contributed by atoms with van der Waals surface area (Å²) in [6.07, 6.45) is -1.29. The zero-order chi connectivity index (χ0) is 13.9. The Balaban J connectivity index is 1.95. The van der Waals surface area contributed by atoms with Gasteiger partial charge in [0, 0.05) is 12.5 Å². The molecule has 1 heterocycles. The van der Waals surface area contributed by atoms with Crippen molar-refractivity contribution in [3.63, 3.8) is 0 Å². The Morgan fingerprint density at radius 1 is 1.00 bits per heavy atom. The van der Waals surface area contributed by atoms with Gasteiger partial charge in [0.15, 0.2) is 0 Å². The normalized spacial score (nSPS) is 14.3. The first-order chi connectivity index (χ1) is 9.79. The van der Waals surface area contributed by atoms with Gasteiger partial charge in [-0.2, -0.15) is 0 Å². The van der Waals surface area contributed by atoms with Crippen molar-refractivity contribution in [1.82, 2.24) is 0 Å². The SMILES string of the molecule is COC(c1ccccc1)C(O)c1cc2ccccc2o1. The molecule has 0 radical (unpaired) electrons. The summed E-state index contributed by atoms with van der Waals surface area (Å²) >= 11 is 0. The molecule has 20 heavy (non-hydrogen) atoms. The second-order valence-electron chi connectivity index (χ2n) is 4.70. The van der Waals surface area contributed by atoms with E-state index in [4.69, 9.17) is 9.15 Å². The fraction of sp³-hybridized carbons (Fsp3) is 0.176. The number of hydrogen-bond acceptors (Lipinski definition) is 3. The molecule has 0 bridgehead atoms. The van der Waals surface area contributed by atoms with Gasteiger partial charge in [-0.1, -0.05) is 48.5 Å². The zero-order valence-electron chi connectivity index (χ0n) is 11.2. The van der Waals surface area contributed by atoms with Crippen molar-refractivity contribution in [3.8, 4) is 0 Å². The molecule has 2 atom stereocenters. The van der Waals surface area contributed by atoms with Crippen LogP contribution >= 0.6 is 0 Å². The largest absolute Gasteiger partial charge is 0.458 e. The molecule has 3 rings (SSSR count). The molecule has 1 aromatic heterocycles. The highest BCUT2D eigenvalue weighted by atomic mass is 16.5. The average Bonchev–Trinajstić information content (AvgIpc) is 2.93. The minimum atomic E-state index is -0.838. The van der Waals surface area contributed by atoms with Crippen molar-refractivity contribution < 1.29 is 14.3 Å². The molecule has 0 spiro atoms. The number of methoxy groups -OCH3 is 1. The predicted octanol–water partition coefficient (Wildman–Crippen LogP) is 3.85. The van der Waals surface area contributed by atoms with Crippen LogP contribution in [0.1, 0.15) is 23.5 Å². The van der Waals surface area contributed by atoms with Crippen LogP contribution in [0.3, 0.4) is 0 Å². The van der Waals surface area contributed by atoms with Crippen molar-refractivity contribution in [2.45, 2.75) is 12.2 Å². The molecule has 0 saturated carbocycles. The van der Waals surface area contributed by atoms with Crippen molar-refractivity contribution in [1.29, 1.82) is 0 Å². The summed E-state index contributed by atoms with van der Waals surface area (Å²) in [6.45, 7) is 0. The van der Waals surface area contributed by atoms with Gasteiger partial charge in [0.05, 0.1) is 0 Å². The van der Waals surface area contributed by atoms with E-state index < -0.39 is 12.2 Å². The minimum Gasteiger partial charge on any atom is -0.458 e. The first kappa shape index (κ1) is 12.9. The van der Waals surface area contributed by atoms with Gasteiger partial charge in [-0.15, -0.1) is 0 Å². The highest BCUT2D eigenvalue weighted by Crippen LogP contribution is 2.34. The first-order valence-electron chi connectivity index (χ1n) is 6.54. The van der Waals surface area contributed by atoms with Gasteiger partial charge < -0.3 is 14.3 Å². The Morgan fingerprint density at radius 2 is 1.70 bits per heavy atom. The van der Waals surface area contributed by atoms with Crippen LogP contribution in [0.5, 0.6) is 0 Å². The average molecular weight is 268 g/mol. The summed E-state index contributed by atoms with van der Waals surface area (Å²) in [5.41, 5.74) is 1.69. The minimum absolute atomic E-state index is 0.447. The molecule has 0 fully saturated rings. The molecule has 102 valence electrons. The second kappa shape index (κ2) is 5.49. The Kier molecular flexibility index (Phi) is 3.54. The molecule has 0 saturated heterocycles. The van der Waals surface area contributed by atoms with Crippen LogP contribution in [0.2, 0.25) is 0 Å². The second-order valence-corrected chi connectivity index (χ2v) is 4.70. The van der Waals surface area contributed by atoms with Crippen LogP contribution in [-0.2, 0) is 4.74 Å². The van der Waals surface area contributed by atoms with Crippen molar-refractivity contribution in [2.75, 3.05) is 7.11 Å². The third-order valence-electron chi connectivity index (χ3n) is 3.40. The van der Waals surface area contributed by atoms with Crippen LogP contribution in [-0.4, -0.2) is 12.2 Å². The maximum absolute atomic E-state index is 10.5. The van der Waals surface area contributed by atoms with E-state index in [1.807, 2.05) is 60.7 Å². The molecule has 0 aliphatic rings. The third kappa shape index (κ3) is 2.33. The summed E-state index contributed by atoms with van der Waals surface area (Å²) in [5, 5.41) is 11.5. The molecule has 0 aliphatic heterocycles. The molecule has 2 aromatic carbocycles. The van der Waals surface area contributed by atoms with E-state index >= 15 is 0 Å². The Morgan fingerprint density at radius 3 is 2.40 bits per heavy atom. The van der Waals surface area contributed by atoms with Crippen LogP contribution in [0, 0.1) is 0 Å². The maximum atomic E-state index is 10.5. The van der Waals surface area contributed by atoms with Crippen molar-refractivity contribution in [2.24, 2.45) is 0 Å². The molecular formula is C17H16O3. The lowest BCUT2D eigenvalue weighted by molar-refractivity contribution is -0.0245. The highest BCUT2D eigenvalue weighted by Gasteiger charge is 2.25. The number of benzene rings is 2. The van der Waals surface area contributed by atoms with E-state index in [1.165, 1.54) is 0 Å². The number of aliphatic hydroxyl groups excluding tert-OH is 1. The number of ether oxygens (including phenoxy) is 1. The molecule has 0 amide bonds. The molecule has 2 unspecified atom stereocenters. The van der Waals surface area contributed by atoms with Crippen LogP contribution < -0.4 is 0 Å². The van der Waals surface area contributed by atoms with E-state index in [2.05, 4.69) is 0 Å². The van der Waals surface area contributed by atoms with Gasteiger partial charge in [0.25, 0.3) is 0 Å². The van der Waals surface area contributed by atoms with Gasteiger partial charge in [-0.3, -0.25) is 0 Å². The van der Waals surface area contributed by atoms with Gasteiger partial charge in [0.1, 0.15) is 23.6 Å². The highest BCUT2D eigenvalue weighted by molar-refractivity contribution is 5.77. The third-order valence-corrected chi connectivity index (χ3v) is 3.40. The number of hydrogen-bond donors (Lipinski definition) is 1. The summed E-state index contributed by atoms with van der Waals surface area (Å²) < 4.78 is 11.1. The Hall–Kier alpha value is -2.10. The lowest BCUT2D eigenvalue weighted by atomic mass is 10.0. The van der Waals surface area contributed by atoms with Crippen molar-refractivity contribution in [3.05, 3.63) is 72.0 Å². The summed E-state index contributed by atoms with van der Waals surface area (Å²) in [7, 11) is 1.59. The first-order valence-corrected chi connectivity index (χ1v) is 6.54. The monoisotopic (exact) mass is 268 g/mol. The van der Waals surface area contributed by atoms with Crippen LogP contribution in [0.25, 0.3) is 11.0 Å². The zero-order valence-corrected chi connectivity index (χ0v) is 11.2. The molecule has 0 aliphatic carbocycles. The van der Waals surface area contributed by atoms with Gasteiger partial charge in [-0.25, -0.2) is 0 Å². The molecular weight excluding hydrogens is 252 g/mol. The number of furan rings is 1. The topological polar surface area (TPSA) is 42.6 Å². The van der Waals surface area contributed by atoms with Crippen molar-refractivity contribution >= 4 is 11.0 Å². The summed E-state index contributed by atoms with van der Waals surface area (Å²) in [4.78, 5) is 0. The van der Waals surface area contributed by atoms with Gasteiger partial charge >= 0.3 is 0 Å². The Bertz CT molecular complexity index is 655. The fourth-order valence-corrected chi connectivity index (χ4v) is 2.39. The predicted molar refractivity (Wildman–Crippen MR) is 77.4 cm³/mol. The Labute approximate surface area is 117 Å². The van der Waals surface area contributed by atoms with E-state index in [0.717, 1.165) is 16.5 Å². The lowest BCUT2D eigenvalue weighted by Crippen LogP contribution is -2.12. The van der Waals surface area contributed by atoms with Crippen LogP contribution in [0.15, 0.2) is 65.1 Å². The molecule has 3 aromatic rings. The molecule has 3 heteroatoms. The maximum Gasteiger partial charge on any atom is 0.142 e. The fourth-order valence-electron chi connectivity index (χ4n) is 2.39.